The van der Waals surface area contributed by atoms with E-state index in [-0.39, 0.29) is 12.0 Å². The van der Waals surface area contributed by atoms with E-state index in [1.165, 1.54) is 11.3 Å². The maximum atomic E-state index is 11.5. The largest absolute Gasteiger partial charge is 0.481 e. The second-order valence-electron chi connectivity index (χ2n) is 5.72. The Bertz CT molecular complexity index is 472. The number of aliphatic carboxylic acids is 1. The first kappa shape index (κ1) is 12.5. The summed E-state index contributed by atoms with van der Waals surface area (Å²) in [6, 6.07) is 8.67. The highest BCUT2D eigenvalue weighted by molar-refractivity contribution is 5.72. The van der Waals surface area contributed by atoms with Gasteiger partial charge in [-0.1, -0.05) is 31.0 Å². The second-order valence-corrected chi connectivity index (χ2v) is 5.72. The van der Waals surface area contributed by atoms with Crippen LogP contribution in [0.2, 0.25) is 0 Å². The zero-order valence-electron chi connectivity index (χ0n) is 11.2. The van der Waals surface area contributed by atoms with E-state index in [9.17, 15) is 9.90 Å². The fourth-order valence-electron chi connectivity index (χ4n) is 3.68. The molecule has 1 heterocycles. The maximum Gasteiger partial charge on any atom is 0.308 e. The smallest absolute Gasteiger partial charge is 0.308 e. The van der Waals surface area contributed by atoms with Gasteiger partial charge in [0.15, 0.2) is 0 Å². The van der Waals surface area contributed by atoms with Gasteiger partial charge in [-0.2, -0.15) is 0 Å². The van der Waals surface area contributed by atoms with Crippen LogP contribution in [0.3, 0.4) is 0 Å². The number of benzene rings is 1. The van der Waals surface area contributed by atoms with Gasteiger partial charge in [0.2, 0.25) is 0 Å². The molecule has 0 bridgehead atoms. The van der Waals surface area contributed by atoms with Crippen molar-refractivity contribution >= 4 is 11.7 Å². The quantitative estimate of drug-likeness (QED) is 0.887. The molecule has 3 rings (SSSR count). The molecule has 1 N–H and O–H groups in total. The van der Waals surface area contributed by atoms with Crippen LogP contribution in [-0.2, 0) is 11.2 Å². The fourth-order valence-corrected chi connectivity index (χ4v) is 3.68. The Balaban J connectivity index is 1.91. The zero-order valence-corrected chi connectivity index (χ0v) is 11.2. The van der Waals surface area contributed by atoms with Gasteiger partial charge in [-0.05, 0) is 37.3 Å². The van der Waals surface area contributed by atoms with Gasteiger partial charge in [0, 0.05) is 18.3 Å². The highest BCUT2D eigenvalue weighted by atomic mass is 16.4. The SMILES string of the molecule is O=C(O)C1CCCCC1N1CCCc2ccccc21. The normalized spacial score (nSPS) is 26.8. The third-order valence-corrected chi connectivity index (χ3v) is 4.59. The molecule has 3 heteroatoms. The third-order valence-electron chi connectivity index (χ3n) is 4.59. The average Bonchev–Trinajstić information content (AvgIpc) is 2.46. The Morgan fingerprint density at radius 1 is 1.16 bits per heavy atom. The van der Waals surface area contributed by atoms with Crippen molar-refractivity contribution in [3.63, 3.8) is 0 Å². The predicted molar refractivity (Wildman–Crippen MR) is 75.5 cm³/mol. The molecule has 102 valence electrons. The van der Waals surface area contributed by atoms with Gasteiger partial charge in [-0.15, -0.1) is 0 Å². The van der Waals surface area contributed by atoms with Crippen LogP contribution in [0.1, 0.15) is 37.7 Å². The summed E-state index contributed by atoms with van der Waals surface area (Å²) in [4.78, 5) is 13.9. The Hall–Kier alpha value is -1.51. The van der Waals surface area contributed by atoms with Gasteiger partial charge < -0.3 is 10.0 Å². The van der Waals surface area contributed by atoms with Gasteiger partial charge in [-0.3, -0.25) is 4.79 Å². The summed E-state index contributed by atoms with van der Waals surface area (Å²) in [6.07, 6.45) is 6.33. The van der Waals surface area contributed by atoms with Crippen LogP contribution in [0.15, 0.2) is 24.3 Å². The molecule has 2 atom stereocenters. The van der Waals surface area contributed by atoms with Gasteiger partial charge in [0.25, 0.3) is 0 Å². The van der Waals surface area contributed by atoms with Crippen LogP contribution in [0.5, 0.6) is 0 Å². The van der Waals surface area contributed by atoms with E-state index >= 15 is 0 Å². The fraction of sp³-hybridized carbons (Fsp3) is 0.562. The molecular weight excluding hydrogens is 238 g/mol. The van der Waals surface area contributed by atoms with E-state index in [1.54, 1.807) is 0 Å². The maximum absolute atomic E-state index is 11.5. The topological polar surface area (TPSA) is 40.5 Å². The van der Waals surface area contributed by atoms with Crippen LogP contribution in [0.4, 0.5) is 5.69 Å². The number of anilines is 1. The standard InChI is InChI=1S/C16H21NO2/c18-16(19)13-8-2-4-10-15(13)17-11-5-7-12-6-1-3-9-14(12)17/h1,3,6,9,13,15H,2,4-5,7-8,10-11H2,(H,18,19). The first-order valence-corrected chi connectivity index (χ1v) is 7.35. The predicted octanol–water partition coefficient (Wildman–Crippen LogP) is 3.08. The summed E-state index contributed by atoms with van der Waals surface area (Å²) < 4.78 is 0. The number of para-hydroxylation sites is 1. The van der Waals surface area contributed by atoms with E-state index in [2.05, 4.69) is 29.2 Å². The average molecular weight is 259 g/mol. The lowest BCUT2D eigenvalue weighted by Gasteiger charge is -2.42. The summed E-state index contributed by atoms with van der Waals surface area (Å²) in [5.74, 6) is -0.812. The minimum absolute atomic E-state index is 0.188. The number of aryl methyl sites for hydroxylation is 1. The summed E-state index contributed by atoms with van der Waals surface area (Å²) in [5.41, 5.74) is 2.65. The molecule has 0 aromatic heterocycles. The molecule has 2 unspecified atom stereocenters. The van der Waals surface area contributed by atoms with E-state index < -0.39 is 5.97 Å². The molecule has 1 aromatic rings. The van der Waals surface area contributed by atoms with Gasteiger partial charge in [-0.25, -0.2) is 0 Å². The number of hydrogen-bond acceptors (Lipinski definition) is 2. The lowest BCUT2D eigenvalue weighted by Crippen LogP contribution is -2.47. The Labute approximate surface area is 114 Å². The Morgan fingerprint density at radius 3 is 2.79 bits per heavy atom. The molecule has 1 aliphatic heterocycles. The van der Waals surface area contributed by atoms with E-state index in [0.29, 0.717) is 0 Å². The van der Waals surface area contributed by atoms with Crippen molar-refractivity contribution in [3.8, 4) is 0 Å². The Morgan fingerprint density at radius 2 is 1.95 bits per heavy atom. The van der Waals surface area contributed by atoms with Gasteiger partial charge in [0.1, 0.15) is 0 Å². The van der Waals surface area contributed by atoms with Crippen molar-refractivity contribution in [1.82, 2.24) is 0 Å². The summed E-state index contributed by atoms with van der Waals surface area (Å²) in [7, 11) is 0. The Kier molecular flexibility index (Phi) is 3.45. The molecule has 1 fully saturated rings. The number of rotatable bonds is 2. The molecule has 1 saturated carbocycles. The van der Waals surface area contributed by atoms with Gasteiger partial charge in [0.05, 0.1) is 5.92 Å². The second kappa shape index (κ2) is 5.24. The van der Waals surface area contributed by atoms with E-state index in [1.807, 2.05) is 0 Å². The number of nitrogens with zero attached hydrogens (tertiary/aromatic N) is 1. The van der Waals surface area contributed by atoms with Crippen molar-refractivity contribution < 1.29 is 9.90 Å². The van der Waals surface area contributed by atoms with Crippen LogP contribution in [0.25, 0.3) is 0 Å². The van der Waals surface area contributed by atoms with Crippen LogP contribution < -0.4 is 4.90 Å². The molecule has 3 nitrogen and oxygen atoms in total. The molecule has 19 heavy (non-hydrogen) atoms. The molecule has 1 aliphatic carbocycles. The van der Waals surface area contributed by atoms with Crippen LogP contribution in [0, 0.1) is 5.92 Å². The van der Waals surface area contributed by atoms with Crippen molar-refractivity contribution in [1.29, 1.82) is 0 Å². The number of carboxylic acid groups (broad SMARTS) is 1. The first-order chi connectivity index (χ1) is 9.27. The van der Waals surface area contributed by atoms with Crippen molar-refractivity contribution in [2.75, 3.05) is 11.4 Å². The molecule has 0 amide bonds. The number of hydrogen-bond donors (Lipinski definition) is 1. The summed E-state index contributed by atoms with van der Waals surface area (Å²) >= 11 is 0. The minimum atomic E-state index is -0.618. The van der Waals surface area contributed by atoms with Crippen LogP contribution in [-0.4, -0.2) is 23.7 Å². The first-order valence-electron chi connectivity index (χ1n) is 7.35. The van der Waals surface area contributed by atoms with Crippen molar-refractivity contribution in [2.24, 2.45) is 5.92 Å². The van der Waals surface area contributed by atoms with Crippen molar-refractivity contribution in [2.45, 2.75) is 44.6 Å². The minimum Gasteiger partial charge on any atom is -0.481 e. The molecule has 0 spiro atoms. The highest BCUT2D eigenvalue weighted by Gasteiger charge is 2.36. The van der Waals surface area contributed by atoms with Crippen molar-refractivity contribution in [3.05, 3.63) is 29.8 Å². The molecule has 0 radical (unpaired) electrons. The zero-order chi connectivity index (χ0) is 13.2. The third kappa shape index (κ3) is 2.34. The van der Waals surface area contributed by atoms with Crippen LogP contribution >= 0.6 is 0 Å². The summed E-state index contributed by atoms with van der Waals surface area (Å²) in [6.45, 7) is 1.01. The molecular formula is C16H21NO2. The number of fused-ring (bicyclic) bond motifs is 1. The lowest BCUT2D eigenvalue weighted by molar-refractivity contribution is -0.143. The summed E-state index contributed by atoms with van der Waals surface area (Å²) in [5, 5.41) is 9.46. The molecule has 0 saturated heterocycles. The van der Waals surface area contributed by atoms with E-state index in [4.69, 9.17) is 0 Å². The van der Waals surface area contributed by atoms with Gasteiger partial charge >= 0.3 is 5.97 Å². The number of carboxylic acids is 1. The monoisotopic (exact) mass is 259 g/mol. The molecule has 1 aromatic carbocycles. The number of carbonyl (C=O) groups is 1. The molecule has 2 aliphatic rings. The lowest BCUT2D eigenvalue weighted by atomic mass is 9.82. The van der Waals surface area contributed by atoms with E-state index in [0.717, 1.165) is 45.1 Å². The highest BCUT2D eigenvalue weighted by Crippen LogP contribution is 2.36.